The van der Waals surface area contributed by atoms with E-state index in [0.29, 0.717) is 19.8 Å². The summed E-state index contributed by atoms with van der Waals surface area (Å²) < 4.78 is 0. The molecule has 0 aliphatic rings. The molecule has 0 aromatic carbocycles. The van der Waals surface area contributed by atoms with Crippen LogP contribution in [0.15, 0.2) is 5.18 Å². The van der Waals surface area contributed by atoms with Crippen LogP contribution in [0.4, 0.5) is 0 Å². The van der Waals surface area contributed by atoms with Gasteiger partial charge in [-0.15, -0.1) is 0 Å². The van der Waals surface area contributed by atoms with E-state index in [9.17, 15) is 4.91 Å². The Kier molecular flexibility index (Phi) is 28.4. The molecular formula is C12H26I3NO. The van der Waals surface area contributed by atoms with E-state index in [-0.39, 0.29) is 0 Å². The van der Waals surface area contributed by atoms with Gasteiger partial charge < -0.3 is 0 Å². The first kappa shape index (κ1) is 21.1. The summed E-state index contributed by atoms with van der Waals surface area (Å²) in [4.78, 5) is 9.79. The molecule has 5 heteroatoms. The number of halogens is 3. The number of unbranched alkanes of at least 4 members (excludes halogenated alkanes) is 9. The molecule has 2 nitrogen and oxygen atoms in total. The normalized spacial score (nSPS) is 9.82. The molecule has 17 heavy (non-hydrogen) atoms. The predicted octanol–water partition coefficient (Wildman–Crippen LogP) is 7.06. The average Bonchev–Trinajstić information content (AvgIpc) is 2.33. The zero-order valence-corrected chi connectivity index (χ0v) is 17.4. The first-order valence-corrected chi connectivity index (χ1v) is 20.1. The molecule has 0 aliphatic heterocycles. The van der Waals surface area contributed by atoms with Gasteiger partial charge in [-0.1, -0.05) is 69.9 Å². The second-order valence-electron chi connectivity index (χ2n) is 4.09. The third kappa shape index (κ3) is 27.1. The zero-order chi connectivity index (χ0) is 13.2. The van der Waals surface area contributed by atoms with Gasteiger partial charge in [0.25, 0.3) is 0 Å². The summed E-state index contributed by atoms with van der Waals surface area (Å²) in [6.07, 6.45) is 13.1. The van der Waals surface area contributed by atoms with Crippen LogP contribution in [0, 0.1) is 4.91 Å². The van der Waals surface area contributed by atoms with E-state index in [4.69, 9.17) is 0 Å². The molecule has 0 bridgehead atoms. The quantitative estimate of drug-likeness (QED) is 0.146. The number of hydrogen-bond acceptors (Lipinski definition) is 2. The third-order valence-corrected chi connectivity index (χ3v) is 2.60. The van der Waals surface area contributed by atoms with Gasteiger partial charge in [0.2, 0.25) is 0 Å². The van der Waals surface area contributed by atoms with Crippen molar-refractivity contribution in [3.8, 4) is 0 Å². The second kappa shape index (κ2) is 22.9. The van der Waals surface area contributed by atoms with Gasteiger partial charge in [-0.2, -0.15) is 4.91 Å². The molecule has 0 atom stereocenters. The van der Waals surface area contributed by atoms with Crippen molar-refractivity contribution in [3.63, 3.8) is 0 Å². The van der Waals surface area contributed by atoms with E-state index in [2.05, 4.69) is 49.3 Å². The first-order chi connectivity index (χ1) is 8.33. The SMILES string of the molecule is CCCCCCCCCCCCN=O.I[IH]I. The van der Waals surface area contributed by atoms with E-state index in [1.54, 1.807) is 0 Å². The Balaban J connectivity index is 0. The van der Waals surface area contributed by atoms with Crippen LogP contribution in [-0.2, 0) is 0 Å². The number of rotatable bonds is 11. The van der Waals surface area contributed by atoms with Crippen molar-refractivity contribution in [2.75, 3.05) is 6.54 Å². The van der Waals surface area contributed by atoms with E-state index in [0.717, 1.165) is 6.42 Å². The third-order valence-electron chi connectivity index (χ3n) is 2.60. The molecule has 0 saturated heterocycles. The van der Waals surface area contributed by atoms with Crippen LogP contribution in [0.2, 0.25) is 0 Å². The Labute approximate surface area is 136 Å². The van der Waals surface area contributed by atoms with Crippen LogP contribution >= 0.6 is 50.5 Å². The van der Waals surface area contributed by atoms with Crippen molar-refractivity contribution in [2.45, 2.75) is 71.1 Å². The fourth-order valence-corrected chi connectivity index (χ4v) is 1.66. The predicted molar refractivity (Wildman–Crippen MR) is 106 cm³/mol. The topological polar surface area (TPSA) is 29.4 Å². The molecule has 0 saturated carbocycles. The molecule has 0 unspecified atom stereocenters. The monoisotopic (exact) mass is 581 g/mol. The van der Waals surface area contributed by atoms with Crippen molar-refractivity contribution < 1.29 is 0 Å². The van der Waals surface area contributed by atoms with Gasteiger partial charge in [0.1, 0.15) is 0 Å². The maximum absolute atomic E-state index is 9.79. The molecule has 0 N–H and O–H groups in total. The molecule has 0 spiro atoms. The second-order valence-corrected chi connectivity index (χ2v) is 21.6. The zero-order valence-electron chi connectivity index (χ0n) is 10.8. The van der Waals surface area contributed by atoms with Gasteiger partial charge in [-0.05, 0) is 6.42 Å². The van der Waals surface area contributed by atoms with Crippen molar-refractivity contribution in [1.82, 2.24) is 0 Å². The maximum atomic E-state index is 9.79. The minimum atomic E-state index is 0.410. The van der Waals surface area contributed by atoms with E-state index in [1.807, 2.05) is 0 Å². The minimum absolute atomic E-state index is 0.410. The van der Waals surface area contributed by atoms with Gasteiger partial charge >= 0.3 is 50.5 Å². The molecule has 0 aromatic rings. The van der Waals surface area contributed by atoms with Gasteiger partial charge in [-0.3, -0.25) is 0 Å². The Morgan fingerprint density at radius 3 is 1.53 bits per heavy atom. The average molecular weight is 581 g/mol. The fourth-order valence-electron chi connectivity index (χ4n) is 1.66. The van der Waals surface area contributed by atoms with Crippen LogP contribution in [0.1, 0.15) is 71.1 Å². The van der Waals surface area contributed by atoms with Gasteiger partial charge in [0.05, 0.1) is 6.54 Å². The summed E-state index contributed by atoms with van der Waals surface area (Å²) in [6.45, 7) is 2.76. The molecule has 106 valence electrons. The summed E-state index contributed by atoms with van der Waals surface area (Å²) in [7, 11) is 0. The van der Waals surface area contributed by atoms with Gasteiger partial charge in [0.15, 0.2) is 0 Å². The molecule has 0 rings (SSSR count). The standard InChI is InChI=1S/C12H25NO.HI3/c1-2-3-4-5-6-7-8-9-10-11-12-13-14;1-3-2/h2-12H2,1H3;3H. The summed E-state index contributed by atoms with van der Waals surface area (Å²) in [5, 5.41) is 2.85. The molecular weight excluding hydrogens is 555 g/mol. The Morgan fingerprint density at radius 2 is 1.18 bits per heavy atom. The van der Waals surface area contributed by atoms with Gasteiger partial charge in [-0.25, -0.2) is 0 Å². The van der Waals surface area contributed by atoms with E-state index in [1.165, 1.54) is 57.8 Å². The Hall–Kier alpha value is 1.79. The first-order valence-electron chi connectivity index (χ1n) is 6.51. The number of nitrogens with zero attached hydrogens (tertiary/aromatic N) is 1. The van der Waals surface area contributed by atoms with Crippen LogP contribution in [0.3, 0.4) is 0 Å². The van der Waals surface area contributed by atoms with Crippen molar-refractivity contribution in [1.29, 1.82) is 0 Å². The fraction of sp³-hybridized carbons (Fsp3) is 1.00. The van der Waals surface area contributed by atoms with Gasteiger partial charge in [0, 0.05) is 0 Å². The van der Waals surface area contributed by atoms with Crippen molar-refractivity contribution in [2.24, 2.45) is 5.18 Å². The van der Waals surface area contributed by atoms with Crippen molar-refractivity contribution >= 4 is 50.5 Å². The van der Waals surface area contributed by atoms with Crippen LogP contribution in [-0.4, -0.2) is 6.54 Å². The summed E-state index contributed by atoms with van der Waals surface area (Å²) in [5.74, 6) is 0. The van der Waals surface area contributed by atoms with Crippen LogP contribution in [0.25, 0.3) is 0 Å². The summed E-state index contributed by atoms with van der Waals surface area (Å²) in [5.41, 5.74) is 0. The molecule has 0 aliphatic carbocycles. The number of hydrogen-bond donors (Lipinski definition) is 0. The summed E-state index contributed by atoms with van der Waals surface area (Å²) >= 11 is 5.22. The Bertz CT molecular complexity index is 137. The van der Waals surface area contributed by atoms with E-state index >= 15 is 0 Å². The molecule has 0 radical (unpaired) electrons. The molecule has 0 aromatic heterocycles. The number of nitroso groups, excluding NO2 is 1. The molecule has 0 amide bonds. The molecule has 0 fully saturated rings. The van der Waals surface area contributed by atoms with E-state index < -0.39 is 0 Å². The molecule has 0 heterocycles. The van der Waals surface area contributed by atoms with Crippen molar-refractivity contribution in [3.05, 3.63) is 4.91 Å². The van der Waals surface area contributed by atoms with Crippen LogP contribution < -0.4 is 0 Å². The Morgan fingerprint density at radius 1 is 0.824 bits per heavy atom. The van der Waals surface area contributed by atoms with Crippen LogP contribution in [0.5, 0.6) is 0 Å². The summed E-state index contributed by atoms with van der Waals surface area (Å²) in [6, 6.07) is 0.